The van der Waals surface area contributed by atoms with Crippen molar-refractivity contribution >= 4 is 0 Å². The molecule has 0 aliphatic rings. The molecule has 0 radical (unpaired) electrons. The van der Waals surface area contributed by atoms with Crippen LogP contribution >= 0.6 is 0 Å². The summed E-state index contributed by atoms with van der Waals surface area (Å²) in [4.78, 5) is 0. The molecule has 0 bridgehead atoms. The largest absolute Gasteiger partial charge is 0.416 e. The number of benzene rings is 1. The van der Waals surface area contributed by atoms with Gasteiger partial charge >= 0.3 is 6.18 Å². The molecular weight excluding hydrogens is 248 g/mol. The van der Waals surface area contributed by atoms with Crippen molar-refractivity contribution in [2.24, 2.45) is 5.73 Å². The van der Waals surface area contributed by atoms with Crippen LogP contribution in [0.2, 0.25) is 0 Å². The summed E-state index contributed by atoms with van der Waals surface area (Å²) in [5.41, 5.74) is 3.58. The first-order valence-electron chi connectivity index (χ1n) is 4.61. The molecule has 1 rings (SSSR count). The second-order valence-corrected chi connectivity index (χ2v) is 3.51. The van der Waals surface area contributed by atoms with Crippen LogP contribution in [0.25, 0.3) is 0 Å². The molecule has 1 atom stereocenters. The van der Waals surface area contributed by atoms with Crippen LogP contribution in [0.15, 0.2) is 18.2 Å². The second kappa shape index (κ2) is 4.95. The summed E-state index contributed by atoms with van der Waals surface area (Å²) in [6.45, 7) is 0. The molecule has 1 aromatic carbocycles. The van der Waals surface area contributed by atoms with E-state index in [1.807, 2.05) is 0 Å². The molecule has 0 saturated heterocycles. The van der Waals surface area contributed by atoms with E-state index in [-0.39, 0.29) is 11.6 Å². The maximum atomic E-state index is 13.2. The quantitative estimate of drug-likeness (QED) is 0.828. The van der Waals surface area contributed by atoms with Crippen molar-refractivity contribution in [1.82, 2.24) is 0 Å². The van der Waals surface area contributed by atoms with Crippen molar-refractivity contribution in [3.63, 3.8) is 0 Å². The van der Waals surface area contributed by atoms with Crippen molar-refractivity contribution in [3.05, 3.63) is 35.1 Å². The Balaban J connectivity index is 2.91. The predicted molar refractivity (Wildman–Crippen MR) is 49.1 cm³/mol. The van der Waals surface area contributed by atoms with E-state index in [4.69, 9.17) is 5.73 Å². The zero-order chi connectivity index (χ0) is 13.2. The third-order valence-corrected chi connectivity index (χ3v) is 2.16. The average Bonchev–Trinajstić information content (AvgIpc) is 2.19. The van der Waals surface area contributed by atoms with E-state index in [0.717, 1.165) is 6.07 Å². The Morgan fingerprint density at radius 3 is 2.18 bits per heavy atom. The lowest BCUT2D eigenvalue weighted by Crippen LogP contribution is -2.31. The van der Waals surface area contributed by atoms with Crippen LogP contribution < -0.4 is 5.73 Å². The maximum absolute atomic E-state index is 13.2. The van der Waals surface area contributed by atoms with Crippen molar-refractivity contribution in [3.8, 4) is 0 Å². The standard InChI is InChI=1S/C10H9F6N/c11-7-4-6(10(14,15)16)2-1-5(7)3-8(17)9(12)13/h1-2,4,8-9H,3,17H2. The van der Waals surface area contributed by atoms with Crippen molar-refractivity contribution in [2.75, 3.05) is 0 Å². The smallest absolute Gasteiger partial charge is 0.323 e. The van der Waals surface area contributed by atoms with Gasteiger partial charge in [-0.05, 0) is 24.1 Å². The Morgan fingerprint density at radius 1 is 1.18 bits per heavy atom. The molecular formula is C10H9F6N. The summed E-state index contributed by atoms with van der Waals surface area (Å²) in [7, 11) is 0. The molecule has 0 saturated carbocycles. The van der Waals surface area contributed by atoms with Gasteiger partial charge in [0.1, 0.15) is 5.82 Å². The number of rotatable bonds is 3. The maximum Gasteiger partial charge on any atom is 0.416 e. The van der Waals surface area contributed by atoms with Crippen molar-refractivity contribution in [1.29, 1.82) is 0 Å². The van der Waals surface area contributed by atoms with Gasteiger partial charge in [0.15, 0.2) is 0 Å². The molecule has 0 aliphatic heterocycles. The summed E-state index contributed by atoms with van der Waals surface area (Å²) in [5, 5.41) is 0. The van der Waals surface area contributed by atoms with E-state index in [0.29, 0.717) is 6.07 Å². The van der Waals surface area contributed by atoms with Crippen LogP contribution in [0, 0.1) is 5.82 Å². The van der Waals surface area contributed by atoms with Gasteiger partial charge in [-0.15, -0.1) is 0 Å². The van der Waals surface area contributed by atoms with E-state index in [2.05, 4.69) is 0 Å². The topological polar surface area (TPSA) is 26.0 Å². The van der Waals surface area contributed by atoms with E-state index < -0.39 is 36.4 Å². The van der Waals surface area contributed by atoms with Crippen molar-refractivity contribution in [2.45, 2.75) is 25.1 Å². The van der Waals surface area contributed by atoms with E-state index >= 15 is 0 Å². The number of nitrogens with two attached hydrogens (primary N) is 1. The van der Waals surface area contributed by atoms with E-state index in [1.54, 1.807) is 0 Å². The number of hydrogen-bond acceptors (Lipinski definition) is 1. The fourth-order valence-corrected chi connectivity index (χ4v) is 1.23. The Kier molecular flexibility index (Phi) is 4.03. The molecule has 0 spiro atoms. The molecule has 0 aliphatic carbocycles. The highest BCUT2D eigenvalue weighted by molar-refractivity contribution is 5.27. The molecule has 96 valence electrons. The zero-order valence-corrected chi connectivity index (χ0v) is 8.44. The lowest BCUT2D eigenvalue weighted by molar-refractivity contribution is -0.137. The van der Waals surface area contributed by atoms with Gasteiger partial charge < -0.3 is 5.73 Å². The molecule has 1 aromatic rings. The Hall–Kier alpha value is -1.24. The SMILES string of the molecule is NC(Cc1ccc(C(F)(F)F)cc1F)C(F)F. The van der Waals surface area contributed by atoms with Gasteiger partial charge in [0.05, 0.1) is 11.6 Å². The summed E-state index contributed by atoms with van der Waals surface area (Å²) in [6.07, 6.45) is -8.03. The van der Waals surface area contributed by atoms with Crippen LogP contribution in [0.4, 0.5) is 26.3 Å². The highest BCUT2D eigenvalue weighted by Crippen LogP contribution is 2.30. The first-order chi connectivity index (χ1) is 7.71. The Labute approximate surface area is 93.2 Å². The molecule has 17 heavy (non-hydrogen) atoms. The van der Waals surface area contributed by atoms with Gasteiger partial charge in [-0.1, -0.05) is 6.07 Å². The zero-order valence-electron chi connectivity index (χ0n) is 8.44. The third kappa shape index (κ3) is 3.62. The molecule has 2 N–H and O–H groups in total. The summed E-state index contributed by atoms with van der Waals surface area (Å²) in [5.74, 6) is -1.18. The Bertz CT molecular complexity index is 387. The predicted octanol–water partition coefficient (Wildman–Crippen LogP) is 2.98. The first-order valence-corrected chi connectivity index (χ1v) is 4.61. The minimum Gasteiger partial charge on any atom is -0.323 e. The molecule has 1 unspecified atom stereocenters. The summed E-state index contributed by atoms with van der Waals surface area (Å²) >= 11 is 0. The van der Waals surface area contributed by atoms with E-state index in [1.165, 1.54) is 0 Å². The average molecular weight is 257 g/mol. The van der Waals surface area contributed by atoms with Gasteiger partial charge in [0.25, 0.3) is 6.43 Å². The number of hydrogen-bond donors (Lipinski definition) is 1. The third-order valence-electron chi connectivity index (χ3n) is 2.16. The first kappa shape index (κ1) is 13.8. The molecule has 1 nitrogen and oxygen atoms in total. The fourth-order valence-electron chi connectivity index (χ4n) is 1.23. The fraction of sp³-hybridized carbons (Fsp3) is 0.400. The van der Waals surface area contributed by atoms with Gasteiger partial charge in [0.2, 0.25) is 0 Å². The highest BCUT2D eigenvalue weighted by Gasteiger charge is 2.31. The van der Waals surface area contributed by atoms with Crippen LogP contribution in [0.3, 0.4) is 0 Å². The molecule has 0 heterocycles. The summed E-state index contributed by atoms with van der Waals surface area (Å²) in [6, 6.07) is 0.131. The van der Waals surface area contributed by atoms with Crippen LogP contribution in [0.1, 0.15) is 11.1 Å². The van der Waals surface area contributed by atoms with Gasteiger partial charge in [-0.3, -0.25) is 0 Å². The van der Waals surface area contributed by atoms with Crippen LogP contribution in [-0.4, -0.2) is 12.5 Å². The van der Waals surface area contributed by atoms with Gasteiger partial charge in [-0.2, -0.15) is 13.2 Å². The number of alkyl halides is 5. The molecule has 0 aromatic heterocycles. The van der Waals surface area contributed by atoms with Crippen LogP contribution in [0.5, 0.6) is 0 Å². The number of halogens is 6. The second-order valence-electron chi connectivity index (χ2n) is 3.51. The van der Waals surface area contributed by atoms with Gasteiger partial charge in [-0.25, -0.2) is 13.2 Å². The molecule has 0 fully saturated rings. The van der Waals surface area contributed by atoms with Gasteiger partial charge in [0, 0.05) is 0 Å². The normalized spacial score (nSPS) is 14.1. The minimum atomic E-state index is -4.66. The minimum absolute atomic E-state index is 0.259. The molecule has 7 heteroatoms. The Morgan fingerprint density at radius 2 is 1.76 bits per heavy atom. The lowest BCUT2D eigenvalue weighted by Gasteiger charge is -2.12. The molecule has 0 amide bonds. The van der Waals surface area contributed by atoms with Crippen molar-refractivity contribution < 1.29 is 26.3 Å². The lowest BCUT2D eigenvalue weighted by atomic mass is 10.0. The summed E-state index contributed by atoms with van der Waals surface area (Å²) < 4.78 is 73.9. The van der Waals surface area contributed by atoms with E-state index in [9.17, 15) is 26.3 Å². The monoisotopic (exact) mass is 257 g/mol. The van der Waals surface area contributed by atoms with Crippen LogP contribution in [-0.2, 0) is 12.6 Å². The highest BCUT2D eigenvalue weighted by atomic mass is 19.4.